The predicted molar refractivity (Wildman–Crippen MR) is 68.3 cm³/mol. The highest BCUT2D eigenvalue weighted by Crippen LogP contribution is 2.33. The Hall–Kier alpha value is -0.950. The number of rotatable bonds is 4. The largest absolute Gasteiger partial charge is 0.319 e. The third-order valence-electron chi connectivity index (χ3n) is 3.15. The second kappa shape index (κ2) is 4.97. The molecule has 18 heavy (non-hydrogen) atoms. The van der Waals surface area contributed by atoms with Crippen LogP contribution in [0.25, 0.3) is 0 Å². The van der Waals surface area contributed by atoms with Crippen molar-refractivity contribution in [1.29, 1.82) is 0 Å². The molecule has 1 unspecified atom stereocenters. The van der Waals surface area contributed by atoms with E-state index in [0.29, 0.717) is 6.54 Å². The summed E-state index contributed by atoms with van der Waals surface area (Å²) in [6.45, 7) is 4.43. The van der Waals surface area contributed by atoms with Crippen molar-refractivity contribution in [3.05, 3.63) is 12.2 Å². The van der Waals surface area contributed by atoms with Gasteiger partial charge in [0.2, 0.25) is 10.0 Å². The maximum Gasteiger partial charge on any atom is 0.215 e. The minimum Gasteiger partial charge on any atom is -0.319 e. The molecule has 1 aromatic heterocycles. The average molecular weight is 272 g/mol. The second-order valence-corrected chi connectivity index (χ2v) is 7.21. The molecule has 102 valence electrons. The fourth-order valence-corrected chi connectivity index (χ4v) is 4.47. The normalized spacial score (nSPS) is 21.9. The van der Waals surface area contributed by atoms with Crippen LogP contribution in [-0.4, -0.2) is 39.8 Å². The van der Waals surface area contributed by atoms with Crippen LogP contribution in [0.2, 0.25) is 0 Å². The lowest BCUT2D eigenvalue weighted by atomic mass is 10.2. The predicted octanol–water partition coefficient (Wildman–Crippen LogP) is 0.938. The molecular weight excluding hydrogens is 252 g/mol. The first-order valence-corrected chi connectivity index (χ1v) is 7.86. The molecule has 0 bridgehead atoms. The summed E-state index contributed by atoms with van der Waals surface area (Å²) in [7, 11) is -1.35. The molecule has 7 heteroatoms. The molecule has 1 aromatic rings. The molecule has 2 heterocycles. The maximum absolute atomic E-state index is 12.3. The van der Waals surface area contributed by atoms with Crippen molar-refractivity contribution in [2.75, 3.05) is 12.3 Å². The van der Waals surface area contributed by atoms with Crippen molar-refractivity contribution in [3.63, 3.8) is 0 Å². The standard InChI is InChI=1S/C11H20N4O2S/c1-9(2)7-18(16,17)15-6-4-5-10(15)11-13-12-8-14(11)3/h8-10H,4-7H2,1-3H3. The van der Waals surface area contributed by atoms with E-state index in [9.17, 15) is 8.42 Å². The van der Waals surface area contributed by atoms with E-state index in [0.717, 1.165) is 18.7 Å². The van der Waals surface area contributed by atoms with E-state index in [4.69, 9.17) is 0 Å². The van der Waals surface area contributed by atoms with E-state index in [1.165, 1.54) is 0 Å². The van der Waals surface area contributed by atoms with Gasteiger partial charge in [-0.05, 0) is 18.8 Å². The number of hydrogen-bond donors (Lipinski definition) is 0. The summed E-state index contributed by atoms with van der Waals surface area (Å²) in [6.07, 6.45) is 3.32. The summed E-state index contributed by atoms with van der Waals surface area (Å²) in [4.78, 5) is 0. The van der Waals surface area contributed by atoms with Gasteiger partial charge in [-0.2, -0.15) is 4.31 Å². The molecule has 1 aliphatic rings. The summed E-state index contributed by atoms with van der Waals surface area (Å²) in [5, 5.41) is 7.88. The van der Waals surface area contributed by atoms with Gasteiger partial charge in [-0.15, -0.1) is 10.2 Å². The molecule has 0 aliphatic carbocycles. The third kappa shape index (κ3) is 2.56. The quantitative estimate of drug-likeness (QED) is 0.818. The molecule has 0 amide bonds. The monoisotopic (exact) mass is 272 g/mol. The maximum atomic E-state index is 12.3. The van der Waals surface area contributed by atoms with E-state index < -0.39 is 10.0 Å². The highest BCUT2D eigenvalue weighted by atomic mass is 32.2. The zero-order chi connectivity index (χ0) is 13.3. The van der Waals surface area contributed by atoms with E-state index in [1.54, 1.807) is 15.2 Å². The molecular formula is C11H20N4O2S. The van der Waals surface area contributed by atoms with Crippen LogP contribution in [-0.2, 0) is 17.1 Å². The van der Waals surface area contributed by atoms with Crippen LogP contribution in [0.3, 0.4) is 0 Å². The van der Waals surface area contributed by atoms with Crippen molar-refractivity contribution in [1.82, 2.24) is 19.1 Å². The molecule has 0 saturated carbocycles. The Morgan fingerprint density at radius 1 is 1.50 bits per heavy atom. The van der Waals surface area contributed by atoms with Gasteiger partial charge in [0, 0.05) is 13.6 Å². The van der Waals surface area contributed by atoms with E-state index in [1.807, 2.05) is 20.9 Å². The fraction of sp³-hybridized carbons (Fsp3) is 0.818. The molecule has 1 atom stereocenters. The van der Waals surface area contributed by atoms with Crippen LogP contribution in [0.4, 0.5) is 0 Å². The van der Waals surface area contributed by atoms with Gasteiger partial charge < -0.3 is 4.57 Å². The summed E-state index contributed by atoms with van der Waals surface area (Å²) in [5.41, 5.74) is 0. The Labute approximate surface area is 108 Å². The smallest absolute Gasteiger partial charge is 0.215 e. The first kappa shape index (κ1) is 13.5. The number of nitrogens with zero attached hydrogens (tertiary/aromatic N) is 4. The number of sulfonamides is 1. The first-order chi connectivity index (χ1) is 8.42. The van der Waals surface area contributed by atoms with Crippen molar-refractivity contribution in [2.45, 2.75) is 32.7 Å². The van der Waals surface area contributed by atoms with Crippen LogP contribution in [0, 0.1) is 5.92 Å². The van der Waals surface area contributed by atoms with E-state index in [-0.39, 0.29) is 17.7 Å². The van der Waals surface area contributed by atoms with Crippen molar-refractivity contribution >= 4 is 10.0 Å². The zero-order valence-electron chi connectivity index (χ0n) is 11.1. The van der Waals surface area contributed by atoms with Crippen LogP contribution in [0.1, 0.15) is 38.6 Å². The molecule has 2 rings (SSSR count). The first-order valence-electron chi connectivity index (χ1n) is 6.25. The third-order valence-corrected chi connectivity index (χ3v) is 5.39. The number of aromatic nitrogens is 3. The lowest BCUT2D eigenvalue weighted by Gasteiger charge is -2.24. The summed E-state index contributed by atoms with van der Waals surface area (Å²) in [5.74, 6) is 1.07. The van der Waals surface area contributed by atoms with Crippen LogP contribution < -0.4 is 0 Å². The van der Waals surface area contributed by atoms with Crippen molar-refractivity contribution < 1.29 is 8.42 Å². The van der Waals surface area contributed by atoms with Gasteiger partial charge >= 0.3 is 0 Å². The molecule has 1 fully saturated rings. The second-order valence-electron chi connectivity index (χ2n) is 5.24. The molecule has 0 N–H and O–H groups in total. The van der Waals surface area contributed by atoms with Gasteiger partial charge in [0.25, 0.3) is 0 Å². The van der Waals surface area contributed by atoms with E-state index >= 15 is 0 Å². The Bertz CT molecular complexity index is 509. The molecule has 1 aliphatic heterocycles. The van der Waals surface area contributed by atoms with Gasteiger partial charge in [-0.1, -0.05) is 13.8 Å². The number of aryl methyl sites for hydroxylation is 1. The SMILES string of the molecule is CC(C)CS(=O)(=O)N1CCCC1c1nncn1C. The van der Waals surface area contributed by atoms with Crippen molar-refractivity contribution in [3.8, 4) is 0 Å². The van der Waals surface area contributed by atoms with Crippen molar-refractivity contribution in [2.24, 2.45) is 13.0 Å². The Kier molecular flexibility index (Phi) is 3.72. The molecule has 0 radical (unpaired) electrons. The topological polar surface area (TPSA) is 68.1 Å². The molecule has 0 spiro atoms. The summed E-state index contributed by atoms with van der Waals surface area (Å²) >= 11 is 0. The lowest BCUT2D eigenvalue weighted by molar-refractivity contribution is 0.373. The highest BCUT2D eigenvalue weighted by molar-refractivity contribution is 7.89. The molecule has 6 nitrogen and oxygen atoms in total. The zero-order valence-corrected chi connectivity index (χ0v) is 11.9. The van der Waals surface area contributed by atoms with Gasteiger partial charge in [-0.3, -0.25) is 0 Å². The van der Waals surface area contributed by atoms with Gasteiger partial charge in [0.1, 0.15) is 6.33 Å². The van der Waals surface area contributed by atoms with Gasteiger partial charge in [0.05, 0.1) is 11.8 Å². The van der Waals surface area contributed by atoms with E-state index in [2.05, 4.69) is 10.2 Å². The minimum atomic E-state index is -3.20. The Morgan fingerprint density at radius 2 is 2.22 bits per heavy atom. The summed E-state index contributed by atoms with van der Waals surface area (Å²) in [6, 6.07) is -0.152. The lowest BCUT2D eigenvalue weighted by Crippen LogP contribution is -2.35. The summed E-state index contributed by atoms with van der Waals surface area (Å²) < 4.78 is 28.1. The Balaban J connectivity index is 2.26. The average Bonchev–Trinajstić information content (AvgIpc) is 2.82. The fourth-order valence-electron chi connectivity index (χ4n) is 2.44. The van der Waals surface area contributed by atoms with Crippen LogP contribution in [0.15, 0.2) is 6.33 Å². The molecule has 1 saturated heterocycles. The molecule has 0 aromatic carbocycles. The number of hydrogen-bond acceptors (Lipinski definition) is 4. The van der Waals surface area contributed by atoms with Crippen LogP contribution in [0.5, 0.6) is 0 Å². The van der Waals surface area contributed by atoms with Gasteiger partial charge in [0.15, 0.2) is 5.82 Å². The Morgan fingerprint density at radius 3 is 2.78 bits per heavy atom. The van der Waals surface area contributed by atoms with Crippen LogP contribution >= 0.6 is 0 Å². The highest BCUT2D eigenvalue weighted by Gasteiger charge is 2.37. The minimum absolute atomic E-state index is 0.135. The van der Waals surface area contributed by atoms with Gasteiger partial charge in [-0.25, -0.2) is 8.42 Å².